The lowest BCUT2D eigenvalue weighted by atomic mass is 10.0. The topological polar surface area (TPSA) is 87.2 Å². The third-order valence-electron chi connectivity index (χ3n) is 5.25. The standard InChI is InChI=1S/C22H32N2O5/c1-2-3-5-14-21(26)24(16-23(28)17-25)20(18-10-6-4-7-11-18)15-22(27)29-19-12-8-9-13-19/h4,6-7,10-11,17,19-20,28H,2-3,5,8-9,12-16H2,1H3. The first kappa shape index (κ1) is 22.9. The molecule has 0 aromatic heterocycles. The number of carbonyl (C=O) groups excluding carboxylic acids is 3. The lowest BCUT2D eigenvalue weighted by Gasteiger charge is -2.33. The van der Waals surface area contributed by atoms with E-state index in [4.69, 9.17) is 4.74 Å². The number of carbonyl (C=O) groups is 3. The first-order valence-corrected chi connectivity index (χ1v) is 10.5. The summed E-state index contributed by atoms with van der Waals surface area (Å²) in [6.45, 7) is 1.75. The fourth-order valence-electron chi connectivity index (χ4n) is 3.69. The molecule has 0 radical (unpaired) electrons. The number of hydroxylamine groups is 2. The molecule has 1 atom stereocenters. The molecule has 2 rings (SSSR count). The number of nitrogens with zero attached hydrogens (tertiary/aromatic N) is 2. The van der Waals surface area contributed by atoms with Crippen molar-refractivity contribution in [1.29, 1.82) is 0 Å². The van der Waals surface area contributed by atoms with Gasteiger partial charge in [-0.1, -0.05) is 50.1 Å². The van der Waals surface area contributed by atoms with Crippen LogP contribution in [0.1, 0.15) is 76.3 Å². The highest BCUT2D eigenvalue weighted by Gasteiger charge is 2.30. The predicted octanol–water partition coefficient (Wildman–Crippen LogP) is 3.82. The number of ether oxygens (including phenoxy) is 1. The van der Waals surface area contributed by atoms with E-state index >= 15 is 0 Å². The van der Waals surface area contributed by atoms with Crippen LogP contribution in [0.5, 0.6) is 0 Å². The van der Waals surface area contributed by atoms with E-state index in [0.717, 1.165) is 44.1 Å². The fraction of sp³-hybridized carbons (Fsp3) is 0.591. The van der Waals surface area contributed by atoms with E-state index in [1.807, 2.05) is 30.3 Å². The Morgan fingerprint density at radius 3 is 2.52 bits per heavy atom. The highest BCUT2D eigenvalue weighted by atomic mass is 16.5. The Hall–Kier alpha value is -2.41. The van der Waals surface area contributed by atoms with Crippen molar-refractivity contribution in [2.75, 3.05) is 6.67 Å². The van der Waals surface area contributed by atoms with Gasteiger partial charge in [-0.15, -0.1) is 0 Å². The second-order valence-corrected chi connectivity index (χ2v) is 7.53. The number of unbranched alkanes of at least 4 members (excludes halogenated alkanes) is 2. The second-order valence-electron chi connectivity index (χ2n) is 7.53. The molecule has 1 aromatic rings. The van der Waals surface area contributed by atoms with Crippen molar-refractivity contribution in [2.45, 2.75) is 76.9 Å². The average molecular weight is 405 g/mol. The van der Waals surface area contributed by atoms with Crippen LogP contribution in [-0.2, 0) is 19.1 Å². The van der Waals surface area contributed by atoms with Crippen LogP contribution in [0, 0.1) is 0 Å². The Balaban J connectivity index is 2.20. The summed E-state index contributed by atoms with van der Waals surface area (Å²) in [5.74, 6) is -0.574. The van der Waals surface area contributed by atoms with Crippen LogP contribution in [0.3, 0.4) is 0 Å². The molecule has 1 aliphatic carbocycles. The molecule has 7 nitrogen and oxygen atoms in total. The van der Waals surface area contributed by atoms with Gasteiger partial charge in [0.05, 0.1) is 12.5 Å². The number of amides is 2. The molecule has 160 valence electrons. The fourth-order valence-corrected chi connectivity index (χ4v) is 3.69. The minimum Gasteiger partial charge on any atom is -0.462 e. The van der Waals surface area contributed by atoms with Crippen LogP contribution in [0.25, 0.3) is 0 Å². The summed E-state index contributed by atoms with van der Waals surface area (Å²) in [5, 5.41) is 10.2. The van der Waals surface area contributed by atoms with Crippen molar-refractivity contribution in [1.82, 2.24) is 9.96 Å². The van der Waals surface area contributed by atoms with Crippen LogP contribution in [0.15, 0.2) is 30.3 Å². The van der Waals surface area contributed by atoms with Crippen LogP contribution < -0.4 is 0 Å². The number of hydrogen-bond acceptors (Lipinski definition) is 5. The molecule has 0 saturated heterocycles. The molecule has 0 heterocycles. The largest absolute Gasteiger partial charge is 0.462 e. The van der Waals surface area contributed by atoms with Crippen molar-refractivity contribution < 1.29 is 24.3 Å². The molecule has 1 unspecified atom stereocenters. The molecule has 7 heteroatoms. The highest BCUT2D eigenvalue weighted by molar-refractivity contribution is 5.78. The van der Waals surface area contributed by atoms with Gasteiger partial charge in [-0.3, -0.25) is 19.6 Å². The summed E-state index contributed by atoms with van der Waals surface area (Å²) >= 11 is 0. The van der Waals surface area contributed by atoms with E-state index in [1.54, 1.807) is 0 Å². The maximum Gasteiger partial charge on any atom is 0.308 e. The Labute approximate surface area is 172 Å². The molecule has 29 heavy (non-hydrogen) atoms. The minimum absolute atomic E-state index is 0.0211. The van der Waals surface area contributed by atoms with Crippen molar-refractivity contribution in [3.05, 3.63) is 35.9 Å². The maximum atomic E-state index is 12.9. The molecule has 1 aliphatic rings. The molecule has 0 aliphatic heterocycles. The summed E-state index contributed by atoms with van der Waals surface area (Å²) < 4.78 is 5.60. The smallest absolute Gasteiger partial charge is 0.308 e. The number of esters is 1. The van der Waals surface area contributed by atoms with Gasteiger partial charge in [-0.05, 0) is 37.7 Å². The third kappa shape index (κ3) is 7.49. The van der Waals surface area contributed by atoms with Gasteiger partial charge in [0, 0.05) is 6.42 Å². The van der Waals surface area contributed by atoms with Crippen molar-refractivity contribution in [3.8, 4) is 0 Å². The van der Waals surface area contributed by atoms with Crippen molar-refractivity contribution in [3.63, 3.8) is 0 Å². The van der Waals surface area contributed by atoms with E-state index < -0.39 is 6.04 Å². The summed E-state index contributed by atoms with van der Waals surface area (Å²) in [6, 6.07) is 8.58. The van der Waals surface area contributed by atoms with E-state index in [9.17, 15) is 19.6 Å². The van der Waals surface area contributed by atoms with E-state index in [0.29, 0.717) is 17.9 Å². The van der Waals surface area contributed by atoms with Gasteiger partial charge < -0.3 is 9.64 Å². The van der Waals surface area contributed by atoms with Gasteiger partial charge in [0.1, 0.15) is 12.8 Å². The molecule has 1 aromatic carbocycles. The zero-order valence-electron chi connectivity index (χ0n) is 17.2. The van der Waals surface area contributed by atoms with E-state index in [2.05, 4.69) is 6.92 Å². The van der Waals surface area contributed by atoms with Gasteiger partial charge in [0.2, 0.25) is 12.3 Å². The quantitative estimate of drug-likeness (QED) is 0.143. The Morgan fingerprint density at radius 2 is 1.90 bits per heavy atom. The van der Waals surface area contributed by atoms with Gasteiger partial charge in [-0.2, -0.15) is 0 Å². The van der Waals surface area contributed by atoms with Gasteiger partial charge in [0.15, 0.2) is 0 Å². The lowest BCUT2D eigenvalue weighted by molar-refractivity contribution is -0.168. The molecular formula is C22H32N2O5. The van der Waals surface area contributed by atoms with Crippen LogP contribution in [0.2, 0.25) is 0 Å². The summed E-state index contributed by atoms with van der Waals surface area (Å²) in [7, 11) is 0. The monoisotopic (exact) mass is 404 g/mol. The van der Waals surface area contributed by atoms with E-state index in [-0.39, 0.29) is 37.5 Å². The van der Waals surface area contributed by atoms with E-state index in [1.165, 1.54) is 4.90 Å². The number of hydrogen-bond donors (Lipinski definition) is 1. The second kappa shape index (κ2) is 12.2. The van der Waals surface area contributed by atoms with Crippen LogP contribution in [0.4, 0.5) is 0 Å². The maximum absolute atomic E-state index is 12.9. The lowest BCUT2D eigenvalue weighted by Crippen LogP contribution is -2.43. The van der Waals surface area contributed by atoms with Crippen LogP contribution in [-0.4, -0.2) is 46.2 Å². The molecule has 1 saturated carbocycles. The average Bonchev–Trinajstić information content (AvgIpc) is 3.24. The van der Waals surface area contributed by atoms with Gasteiger partial charge in [0.25, 0.3) is 0 Å². The Bertz CT molecular complexity index is 646. The zero-order valence-corrected chi connectivity index (χ0v) is 17.2. The molecule has 2 amide bonds. The molecule has 0 bridgehead atoms. The molecule has 1 fully saturated rings. The first-order chi connectivity index (χ1) is 14.0. The number of rotatable bonds is 12. The highest BCUT2D eigenvalue weighted by Crippen LogP contribution is 2.28. The minimum atomic E-state index is -0.617. The number of benzene rings is 1. The molecule has 1 N–H and O–H groups in total. The summed E-state index contributed by atoms with van der Waals surface area (Å²) in [5.41, 5.74) is 0.763. The van der Waals surface area contributed by atoms with Gasteiger partial charge in [-0.25, -0.2) is 5.06 Å². The van der Waals surface area contributed by atoms with Crippen LogP contribution >= 0.6 is 0 Å². The normalized spacial score (nSPS) is 15.0. The predicted molar refractivity (Wildman–Crippen MR) is 108 cm³/mol. The van der Waals surface area contributed by atoms with Crippen molar-refractivity contribution in [2.24, 2.45) is 0 Å². The SMILES string of the molecule is CCCCCC(=O)N(CN(O)C=O)C(CC(=O)OC1CCCC1)c1ccccc1. The first-order valence-electron chi connectivity index (χ1n) is 10.5. The molecular weight excluding hydrogens is 372 g/mol. The summed E-state index contributed by atoms with van der Waals surface area (Å²) in [4.78, 5) is 37.9. The Kier molecular flexibility index (Phi) is 9.64. The molecule has 0 spiro atoms. The Morgan fingerprint density at radius 1 is 1.21 bits per heavy atom. The zero-order chi connectivity index (χ0) is 21.1. The summed E-state index contributed by atoms with van der Waals surface area (Å²) in [6.07, 6.45) is 6.93. The van der Waals surface area contributed by atoms with Crippen molar-refractivity contribution >= 4 is 18.3 Å². The van der Waals surface area contributed by atoms with Gasteiger partial charge >= 0.3 is 5.97 Å². The third-order valence-corrected chi connectivity index (χ3v) is 5.25.